The SMILES string of the molecule is Cc1ccc(Oc2ccccc2NC(=O)COC(=O)C2CCN(C(=O)C3CC3)CC2)cc1. The summed E-state index contributed by atoms with van der Waals surface area (Å²) in [5, 5.41) is 2.75. The fraction of sp³-hybridized carbons (Fsp3) is 0.400. The topological polar surface area (TPSA) is 84.9 Å². The number of hydrogen-bond donors (Lipinski definition) is 1. The molecule has 1 saturated heterocycles. The zero-order valence-electron chi connectivity index (χ0n) is 18.2. The summed E-state index contributed by atoms with van der Waals surface area (Å²) in [6.45, 7) is 2.78. The summed E-state index contributed by atoms with van der Waals surface area (Å²) < 4.78 is 11.1. The van der Waals surface area contributed by atoms with E-state index >= 15 is 0 Å². The molecule has 0 unspecified atom stereocenters. The van der Waals surface area contributed by atoms with Crippen molar-refractivity contribution >= 4 is 23.5 Å². The van der Waals surface area contributed by atoms with E-state index in [1.54, 1.807) is 18.2 Å². The molecule has 0 aromatic heterocycles. The Balaban J connectivity index is 1.25. The van der Waals surface area contributed by atoms with Crippen molar-refractivity contribution in [2.24, 2.45) is 11.8 Å². The minimum absolute atomic E-state index is 0.195. The van der Waals surface area contributed by atoms with Crippen LogP contribution in [0.3, 0.4) is 0 Å². The lowest BCUT2D eigenvalue weighted by molar-refractivity contribution is -0.154. The monoisotopic (exact) mass is 436 g/mol. The van der Waals surface area contributed by atoms with Gasteiger partial charge >= 0.3 is 5.97 Å². The van der Waals surface area contributed by atoms with Crippen LogP contribution in [0.1, 0.15) is 31.2 Å². The molecule has 2 amide bonds. The number of amides is 2. The Morgan fingerprint density at radius 3 is 2.31 bits per heavy atom. The molecule has 4 rings (SSSR count). The van der Waals surface area contributed by atoms with Crippen molar-refractivity contribution in [2.45, 2.75) is 32.6 Å². The van der Waals surface area contributed by atoms with Crippen molar-refractivity contribution in [3.63, 3.8) is 0 Å². The van der Waals surface area contributed by atoms with E-state index in [9.17, 15) is 14.4 Å². The van der Waals surface area contributed by atoms with Crippen molar-refractivity contribution in [3.8, 4) is 11.5 Å². The van der Waals surface area contributed by atoms with E-state index in [0.29, 0.717) is 43.1 Å². The first-order chi connectivity index (χ1) is 15.5. The number of carbonyl (C=O) groups excluding carboxylic acids is 3. The van der Waals surface area contributed by atoms with Gasteiger partial charge in [-0.1, -0.05) is 29.8 Å². The summed E-state index contributed by atoms with van der Waals surface area (Å²) >= 11 is 0. The van der Waals surface area contributed by atoms with Crippen LogP contribution in [0.25, 0.3) is 0 Å². The molecule has 1 N–H and O–H groups in total. The molecule has 1 aliphatic carbocycles. The maximum atomic E-state index is 12.4. The molecule has 0 bridgehead atoms. The lowest BCUT2D eigenvalue weighted by atomic mass is 9.97. The number of rotatable bonds is 7. The summed E-state index contributed by atoms with van der Waals surface area (Å²) in [4.78, 5) is 38.7. The van der Waals surface area contributed by atoms with Gasteiger partial charge in [0.15, 0.2) is 12.4 Å². The lowest BCUT2D eigenvalue weighted by Crippen LogP contribution is -2.41. The lowest BCUT2D eigenvalue weighted by Gasteiger charge is -2.31. The van der Waals surface area contributed by atoms with Gasteiger partial charge in [-0.05, 0) is 56.9 Å². The van der Waals surface area contributed by atoms with Gasteiger partial charge in [0.25, 0.3) is 5.91 Å². The predicted octanol–water partition coefficient (Wildman–Crippen LogP) is 3.92. The number of para-hydroxylation sites is 2. The molecule has 32 heavy (non-hydrogen) atoms. The van der Waals surface area contributed by atoms with Crippen LogP contribution in [0.2, 0.25) is 0 Å². The second-order valence-electron chi connectivity index (χ2n) is 8.44. The third kappa shape index (κ3) is 5.66. The molecule has 0 spiro atoms. The van der Waals surface area contributed by atoms with Crippen LogP contribution in [-0.2, 0) is 19.1 Å². The number of carbonyl (C=O) groups is 3. The Kier molecular flexibility index (Phi) is 6.73. The smallest absolute Gasteiger partial charge is 0.309 e. The molecule has 0 radical (unpaired) electrons. The van der Waals surface area contributed by atoms with Crippen LogP contribution >= 0.6 is 0 Å². The minimum atomic E-state index is -0.431. The minimum Gasteiger partial charge on any atom is -0.455 e. The highest BCUT2D eigenvalue weighted by Gasteiger charge is 2.36. The highest BCUT2D eigenvalue weighted by atomic mass is 16.5. The maximum absolute atomic E-state index is 12.4. The average Bonchev–Trinajstić information content (AvgIpc) is 3.65. The first-order valence-corrected chi connectivity index (χ1v) is 11.1. The van der Waals surface area contributed by atoms with Gasteiger partial charge in [0.2, 0.25) is 5.91 Å². The van der Waals surface area contributed by atoms with E-state index in [1.165, 1.54) is 0 Å². The number of nitrogens with zero attached hydrogens (tertiary/aromatic N) is 1. The molecule has 2 fully saturated rings. The van der Waals surface area contributed by atoms with Crippen molar-refractivity contribution in [1.29, 1.82) is 0 Å². The first kappa shape index (κ1) is 21.9. The fourth-order valence-corrected chi connectivity index (χ4v) is 3.76. The Hall–Kier alpha value is -3.35. The number of nitrogens with one attached hydrogen (secondary N) is 1. The Morgan fingerprint density at radius 2 is 1.62 bits per heavy atom. The van der Waals surface area contributed by atoms with Crippen LogP contribution < -0.4 is 10.1 Å². The highest BCUT2D eigenvalue weighted by Crippen LogP contribution is 2.33. The van der Waals surface area contributed by atoms with E-state index in [1.807, 2.05) is 42.2 Å². The van der Waals surface area contributed by atoms with Gasteiger partial charge in [0.05, 0.1) is 11.6 Å². The average molecular weight is 437 g/mol. The highest BCUT2D eigenvalue weighted by molar-refractivity contribution is 5.94. The number of hydrogen-bond acceptors (Lipinski definition) is 5. The van der Waals surface area contributed by atoms with Crippen molar-refractivity contribution < 1.29 is 23.9 Å². The molecule has 2 aromatic rings. The van der Waals surface area contributed by atoms with Crippen molar-refractivity contribution in [3.05, 3.63) is 54.1 Å². The van der Waals surface area contributed by atoms with Crippen LogP contribution in [0.4, 0.5) is 5.69 Å². The summed E-state index contributed by atoms with van der Waals surface area (Å²) in [7, 11) is 0. The zero-order valence-corrected chi connectivity index (χ0v) is 18.2. The summed E-state index contributed by atoms with van der Waals surface area (Å²) in [5.41, 5.74) is 1.63. The van der Waals surface area contributed by atoms with Gasteiger partial charge in [-0.2, -0.15) is 0 Å². The molecular weight excluding hydrogens is 408 g/mol. The number of anilines is 1. The molecule has 2 aliphatic rings. The normalized spacial score (nSPS) is 16.3. The number of ether oxygens (including phenoxy) is 2. The predicted molar refractivity (Wildman–Crippen MR) is 119 cm³/mol. The van der Waals surface area contributed by atoms with Crippen LogP contribution in [0, 0.1) is 18.8 Å². The second-order valence-corrected chi connectivity index (χ2v) is 8.44. The molecule has 1 saturated carbocycles. The summed E-state index contributed by atoms with van der Waals surface area (Å²) in [6.07, 6.45) is 3.11. The van der Waals surface area contributed by atoms with E-state index in [0.717, 1.165) is 18.4 Å². The maximum Gasteiger partial charge on any atom is 0.309 e. The quantitative estimate of drug-likeness (QED) is 0.665. The first-order valence-electron chi connectivity index (χ1n) is 11.1. The van der Waals surface area contributed by atoms with Gasteiger partial charge < -0.3 is 19.7 Å². The molecule has 7 nitrogen and oxygen atoms in total. The van der Waals surface area contributed by atoms with Crippen LogP contribution in [0.15, 0.2) is 48.5 Å². The summed E-state index contributed by atoms with van der Waals surface area (Å²) in [6, 6.07) is 14.7. The number of piperidine rings is 1. The molecule has 7 heteroatoms. The molecule has 1 heterocycles. The Bertz CT molecular complexity index is 976. The third-order valence-corrected chi connectivity index (χ3v) is 5.82. The Morgan fingerprint density at radius 1 is 0.938 bits per heavy atom. The molecule has 1 aliphatic heterocycles. The molecular formula is C25H28N2O5. The number of benzene rings is 2. The zero-order chi connectivity index (χ0) is 22.5. The molecule has 0 atom stereocenters. The van der Waals surface area contributed by atoms with Gasteiger partial charge in [-0.25, -0.2) is 0 Å². The number of aryl methyl sites for hydroxylation is 1. The van der Waals surface area contributed by atoms with E-state index in [-0.39, 0.29) is 30.3 Å². The third-order valence-electron chi connectivity index (χ3n) is 5.82. The van der Waals surface area contributed by atoms with Crippen molar-refractivity contribution in [2.75, 3.05) is 25.0 Å². The van der Waals surface area contributed by atoms with Gasteiger partial charge in [0.1, 0.15) is 5.75 Å². The standard InChI is InChI=1S/C25H28N2O5/c1-17-6-10-20(11-7-17)32-22-5-3-2-4-21(22)26-23(28)16-31-25(30)19-12-14-27(15-13-19)24(29)18-8-9-18/h2-7,10-11,18-19H,8-9,12-16H2,1H3,(H,26,28). The second kappa shape index (κ2) is 9.85. The number of likely N-dealkylation sites (tertiary alicyclic amines) is 1. The van der Waals surface area contributed by atoms with Gasteiger partial charge in [-0.3, -0.25) is 14.4 Å². The van der Waals surface area contributed by atoms with Gasteiger partial charge in [0, 0.05) is 19.0 Å². The van der Waals surface area contributed by atoms with Crippen molar-refractivity contribution in [1.82, 2.24) is 4.90 Å². The fourth-order valence-electron chi connectivity index (χ4n) is 3.76. The van der Waals surface area contributed by atoms with E-state index in [4.69, 9.17) is 9.47 Å². The van der Waals surface area contributed by atoms with E-state index < -0.39 is 5.91 Å². The molecule has 168 valence electrons. The Labute approximate surface area is 187 Å². The number of esters is 1. The van der Waals surface area contributed by atoms with Crippen LogP contribution in [-0.4, -0.2) is 42.4 Å². The largest absolute Gasteiger partial charge is 0.455 e. The molecule has 2 aromatic carbocycles. The van der Waals surface area contributed by atoms with E-state index in [2.05, 4.69) is 5.32 Å². The van der Waals surface area contributed by atoms with Gasteiger partial charge in [-0.15, -0.1) is 0 Å². The summed E-state index contributed by atoms with van der Waals surface area (Å²) in [5.74, 6) is 0.479. The van der Waals surface area contributed by atoms with Crippen LogP contribution in [0.5, 0.6) is 11.5 Å².